The number of nitrogens with zero attached hydrogens (tertiary/aromatic N) is 6. The minimum Gasteiger partial charge on any atom is -0.355 e. The minimum atomic E-state index is 0.0261. The van der Waals surface area contributed by atoms with Crippen molar-refractivity contribution in [3.05, 3.63) is 42.5 Å². The third-order valence-electron chi connectivity index (χ3n) is 4.29. The maximum Gasteiger partial charge on any atom is 0.227 e. The number of hydrogen-bond donors (Lipinski definition) is 1. The lowest BCUT2D eigenvalue weighted by molar-refractivity contribution is -0.120. The van der Waals surface area contributed by atoms with E-state index < -0.39 is 0 Å². The highest BCUT2D eigenvalue weighted by Gasteiger charge is 2.26. The number of carbonyl (C=O) groups excluding carboxylic acids is 1. The van der Waals surface area contributed by atoms with Crippen LogP contribution in [0.2, 0.25) is 0 Å². The van der Waals surface area contributed by atoms with Crippen molar-refractivity contribution in [2.75, 3.05) is 23.3 Å². The zero-order chi connectivity index (χ0) is 16.4. The predicted molar refractivity (Wildman–Crippen MR) is 88.6 cm³/mol. The quantitative estimate of drug-likeness (QED) is 0.783. The number of nitrogens with one attached hydrogen (secondary N) is 1. The summed E-state index contributed by atoms with van der Waals surface area (Å²) < 4.78 is 1.42. The molecule has 0 atom stereocenters. The summed E-state index contributed by atoms with van der Waals surface area (Å²) in [5.41, 5.74) is 1.46. The fourth-order valence-electron chi connectivity index (χ4n) is 2.95. The Labute approximate surface area is 138 Å². The van der Waals surface area contributed by atoms with Gasteiger partial charge in [-0.05, 0) is 47.5 Å². The van der Waals surface area contributed by atoms with E-state index in [-0.39, 0.29) is 11.8 Å². The average Bonchev–Trinajstić information content (AvgIpc) is 3.10. The van der Waals surface area contributed by atoms with Gasteiger partial charge in [0.2, 0.25) is 5.91 Å². The zero-order valence-electron chi connectivity index (χ0n) is 13.0. The molecule has 0 aliphatic carbocycles. The lowest BCUT2D eigenvalue weighted by atomic mass is 9.96. The molecule has 1 aromatic carbocycles. The van der Waals surface area contributed by atoms with E-state index in [9.17, 15) is 4.79 Å². The molecule has 1 saturated heterocycles. The van der Waals surface area contributed by atoms with E-state index in [0.717, 1.165) is 37.4 Å². The minimum absolute atomic E-state index is 0.0261. The van der Waals surface area contributed by atoms with E-state index in [0.29, 0.717) is 5.65 Å². The summed E-state index contributed by atoms with van der Waals surface area (Å²) in [6, 6.07) is 13.3. The van der Waals surface area contributed by atoms with Crippen molar-refractivity contribution in [1.82, 2.24) is 25.3 Å². The lowest BCUT2D eigenvalue weighted by Crippen LogP contribution is -2.38. The van der Waals surface area contributed by atoms with Crippen LogP contribution in [0.1, 0.15) is 12.8 Å². The van der Waals surface area contributed by atoms with Gasteiger partial charge in [-0.3, -0.25) is 4.79 Å². The van der Waals surface area contributed by atoms with Crippen molar-refractivity contribution in [2.24, 2.45) is 5.92 Å². The van der Waals surface area contributed by atoms with Gasteiger partial charge in [0.15, 0.2) is 11.5 Å². The third kappa shape index (κ3) is 2.90. The number of para-hydroxylation sites is 1. The molecule has 24 heavy (non-hydrogen) atoms. The van der Waals surface area contributed by atoms with Gasteiger partial charge in [-0.15, -0.1) is 14.8 Å². The molecule has 3 heterocycles. The Morgan fingerprint density at radius 1 is 1.08 bits per heavy atom. The summed E-state index contributed by atoms with van der Waals surface area (Å²) in [5.74, 6) is 0.944. The number of piperidine rings is 1. The largest absolute Gasteiger partial charge is 0.355 e. The molecule has 0 unspecified atom stereocenters. The molecular formula is C16H17N7O. The fourth-order valence-corrected chi connectivity index (χ4v) is 2.95. The van der Waals surface area contributed by atoms with E-state index >= 15 is 0 Å². The first kappa shape index (κ1) is 14.6. The summed E-state index contributed by atoms with van der Waals surface area (Å²) in [6.07, 6.45) is 1.60. The number of carbonyl (C=O) groups is 1. The summed E-state index contributed by atoms with van der Waals surface area (Å²) >= 11 is 0. The maximum absolute atomic E-state index is 12.4. The Morgan fingerprint density at radius 2 is 1.88 bits per heavy atom. The Bertz CT molecular complexity index is 840. The molecule has 4 rings (SSSR count). The van der Waals surface area contributed by atoms with Gasteiger partial charge in [0.25, 0.3) is 0 Å². The SMILES string of the molecule is O=C(Nc1ccccc1)C1CCN(c2ccc3nnnn3n2)CC1. The third-order valence-corrected chi connectivity index (χ3v) is 4.29. The van der Waals surface area contributed by atoms with Crippen molar-refractivity contribution in [3.8, 4) is 0 Å². The number of anilines is 2. The van der Waals surface area contributed by atoms with Crippen molar-refractivity contribution in [2.45, 2.75) is 12.8 Å². The van der Waals surface area contributed by atoms with E-state index in [1.807, 2.05) is 42.5 Å². The van der Waals surface area contributed by atoms with Crippen LogP contribution in [-0.2, 0) is 4.79 Å². The molecule has 0 radical (unpaired) electrons. The Hall–Kier alpha value is -3.03. The van der Waals surface area contributed by atoms with Crippen LogP contribution in [-0.4, -0.2) is 44.3 Å². The second kappa shape index (κ2) is 6.23. The molecule has 8 heteroatoms. The summed E-state index contributed by atoms with van der Waals surface area (Å²) in [5, 5.41) is 18.6. The second-order valence-electron chi connectivity index (χ2n) is 5.83. The fraction of sp³-hybridized carbons (Fsp3) is 0.312. The number of benzene rings is 1. The van der Waals surface area contributed by atoms with Gasteiger partial charge in [0.05, 0.1) is 0 Å². The zero-order valence-corrected chi connectivity index (χ0v) is 13.0. The molecule has 1 aliphatic rings. The van der Waals surface area contributed by atoms with Crippen LogP contribution in [0.15, 0.2) is 42.5 Å². The Morgan fingerprint density at radius 3 is 2.67 bits per heavy atom. The summed E-state index contributed by atoms with van der Waals surface area (Å²) in [6.45, 7) is 1.57. The molecular weight excluding hydrogens is 306 g/mol. The average molecular weight is 323 g/mol. The van der Waals surface area contributed by atoms with Crippen LogP contribution < -0.4 is 10.2 Å². The number of rotatable bonds is 3. The van der Waals surface area contributed by atoms with E-state index in [4.69, 9.17) is 0 Å². The van der Waals surface area contributed by atoms with E-state index in [1.165, 1.54) is 4.63 Å². The summed E-state index contributed by atoms with van der Waals surface area (Å²) in [4.78, 5) is 14.5. The van der Waals surface area contributed by atoms with Crippen LogP contribution in [0.25, 0.3) is 5.65 Å². The molecule has 2 aromatic heterocycles. The Kier molecular flexibility index (Phi) is 3.78. The van der Waals surface area contributed by atoms with Crippen molar-refractivity contribution < 1.29 is 4.79 Å². The van der Waals surface area contributed by atoms with Crippen molar-refractivity contribution >= 4 is 23.1 Å². The normalized spacial score (nSPS) is 15.6. The number of hydrogen-bond acceptors (Lipinski definition) is 6. The molecule has 8 nitrogen and oxygen atoms in total. The highest BCUT2D eigenvalue weighted by molar-refractivity contribution is 5.92. The molecule has 122 valence electrons. The lowest BCUT2D eigenvalue weighted by Gasteiger charge is -2.31. The Balaban J connectivity index is 1.38. The van der Waals surface area contributed by atoms with E-state index in [2.05, 4.69) is 30.8 Å². The first-order valence-corrected chi connectivity index (χ1v) is 7.96. The first-order chi connectivity index (χ1) is 11.8. The van der Waals surface area contributed by atoms with Gasteiger partial charge in [-0.2, -0.15) is 0 Å². The number of aromatic nitrogens is 5. The molecule has 1 aliphatic heterocycles. The van der Waals surface area contributed by atoms with Gasteiger partial charge in [0.1, 0.15) is 0 Å². The van der Waals surface area contributed by atoms with Crippen LogP contribution >= 0.6 is 0 Å². The smallest absolute Gasteiger partial charge is 0.227 e. The summed E-state index contributed by atoms with van der Waals surface area (Å²) in [7, 11) is 0. The highest BCUT2D eigenvalue weighted by Crippen LogP contribution is 2.23. The number of fused-ring (bicyclic) bond motifs is 1. The molecule has 3 aromatic rings. The topological polar surface area (TPSA) is 88.3 Å². The second-order valence-corrected chi connectivity index (χ2v) is 5.83. The molecule has 0 spiro atoms. The van der Waals surface area contributed by atoms with Gasteiger partial charge in [-0.25, -0.2) is 0 Å². The van der Waals surface area contributed by atoms with E-state index in [1.54, 1.807) is 0 Å². The van der Waals surface area contributed by atoms with Crippen LogP contribution in [0.5, 0.6) is 0 Å². The van der Waals surface area contributed by atoms with Crippen LogP contribution in [0.4, 0.5) is 11.5 Å². The van der Waals surface area contributed by atoms with Crippen LogP contribution in [0, 0.1) is 5.92 Å². The monoisotopic (exact) mass is 323 g/mol. The number of tetrazole rings is 1. The van der Waals surface area contributed by atoms with Crippen molar-refractivity contribution in [3.63, 3.8) is 0 Å². The van der Waals surface area contributed by atoms with Gasteiger partial charge in [-0.1, -0.05) is 18.2 Å². The van der Waals surface area contributed by atoms with Crippen molar-refractivity contribution in [1.29, 1.82) is 0 Å². The highest BCUT2D eigenvalue weighted by atomic mass is 16.1. The van der Waals surface area contributed by atoms with Gasteiger partial charge in [0, 0.05) is 24.7 Å². The number of amides is 1. The van der Waals surface area contributed by atoms with Crippen LogP contribution in [0.3, 0.4) is 0 Å². The molecule has 1 fully saturated rings. The van der Waals surface area contributed by atoms with Gasteiger partial charge >= 0.3 is 0 Å². The standard InChI is InChI=1S/C16H17N7O/c24-16(17-13-4-2-1-3-5-13)12-8-10-22(11-9-12)15-7-6-14-18-20-21-23(14)19-15/h1-7,12H,8-11H2,(H,17,24). The van der Waals surface area contributed by atoms with Gasteiger partial charge < -0.3 is 10.2 Å². The molecule has 0 bridgehead atoms. The molecule has 0 saturated carbocycles. The predicted octanol–water partition coefficient (Wildman–Crippen LogP) is 1.37. The maximum atomic E-state index is 12.4. The molecule has 1 N–H and O–H groups in total. The molecule has 1 amide bonds. The first-order valence-electron chi connectivity index (χ1n) is 7.96.